The van der Waals surface area contributed by atoms with Crippen LogP contribution >= 0.6 is 0 Å². The number of rotatable bonds is 5. The van der Waals surface area contributed by atoms with Crippen molar-refractivity contribution in [2.24, 2.45) is 4.99 Å². The molecular weight excluding hydrogens is 392 g/mol. The maximum Gasteiger partial charge on any atom is 0.271 e. The van der Waals surface area contributed by atoms with E-state index in [1.165, 1.54) is 16.3 Å². The Labute approximate surface area is 183 Å². The Morgan fingerprint density at radius 2 is 1.84 bits per heavy atom. The number of aliphatic imine (C=N–C) groups is 1. The van der Waals surface area contributed by atoms with Crippen LogP contribution in [0.1, 0.15) is 43.0 Å². The predicted molar refractivity (Wildman–Crippen MR) is 121 cm³/mol. The van der Waals surface area contributed by atoms with Crippen molar-refractivity contribution in [1.29, 1.82) is 5.26 Å². The molecule has 2 aromatic rings. The van der Waals surface area contributed by atoms with E-state index in [2.05, 4.69) is 30.7 Å². The minimum atomic E-state index is -0.475. The second kappa shape index (κ2) is 9.46. The highest BCUT2D eigenvalue weighted by atomic mass is 16.5. The molecule has 2 heterocycles. The number of hydrogen-bond acceptors (Lipinski definition) is 6. The Bertz CT molecular complexity index is 1050. The maximum atomic E-state index is 12.8. The van der Waals surface area contributed by atoms with Crippen LogP contribution in [0.15, 0.2) is 34.1 Å². The lowest BCUT2D eigenvalue weighted by Crippen LogP contribution is -2.39. The van der Waals surface area contributed by atoms with Gasteiger partial charge in [-0.2, -0.15) is 5.26 Å². The van der Waals surface area contributed by atoms with Gasteiger partial charge < -0.3 is 9.84 Å². The van der Waals surface area contributed by atoms with Crippen molar-refractivity contribution < 1.29 is 9.84 Å². The highest BCUT2D eigenvalue weighted by Gasteiger charge is 2.19. The van der Waals surface area contributed by atoms with Crippen molar-refractivity contribution in [1.82, 2.24) is 9.47 Å². The molecule has 7 nitrogen and oxygen atoms in total. The third kappa shape index (κ3) is 5.22. The van der Waals surface area contributed by atoms with Gasteiger partial charge in [-0.25, -0.2) is 0 Å². The summed E-state index contributed by atoms with van der Waals surface area (Å²) in [4.78, 5) is 19.4. The Morgan fingerprint density at radius 1 is 1.19 bits per heavy atom. The predicted octanol–water partition coefficient (Wildman–Crippen LogP) is 3.11. The standard InChI is InChI=1S/C24H30N4O3/c1-17-20(15-25)22(29)28(10-9-27-11-13-31-14-12-27)23(30)21(17)16-26-19-7-5-18(6-8-19)24(2,3)4/h5-8,16,30H,9-14H2,1-4H3. The van der Waals surface area contributed by atoms with Gasteiger partial charge in [-0.05, 0) is 35.6 Å². The lowest BCUT2D eigenvalue weighted by molar-refractivity contribution is 0.0360. The molecule has 0 atom stereocenters. The molecule has 1 aliphatic heterocycles. The Morgan fingerprint density at radius 3 is 2.42 bits per heavy atom. The first-order valence-corrected chi connectivity index (χ1v) is 10.5. The SMILES string of the molecule is Cc1c(C=Nc2ccc(C(C)(C)C)cc2)c(O)n(CCN2CCOCC2)c(=O)c1C#N. The summed E-state index contributed by atoms with van der Waals surface area (Å²) in [6.45, 7) is 11.9. The molecule has 31 heavy (non-hydrogen) atoms. The zero-order chi connectivity index (χ0) is 22.6. The molecule has 0 amide bonds. The first-order chi connectivity index (χ1) is 14.7. The molecule has 7 heteroatoms. The number of aromatic nitrogens is 1. The number of aromatic hydroxyl groups is 1. The molecule has 1 aliphatic rings. The fraction of sp³-hybridized carbons (Fsp3) is 0.458. The maximum absolute atomic E-state index is 12.8. The molecule has 1 aromatic heterocycles. The van der Waals surface area contributed by atoms with Crippen LogP contribution in [0, 0.1) is 18.3 Å². The van der Waals surface area contributed by atoms with Gasteiger partial charge in [0.1, 0.15) is 11.6 Å². The zero-order valence-electron chi connectivity index (χ0n) is 18.7. The summed E-state index contributed by atoms with van der Waals surface area (Å²) in [6.07, 6.45) is 1.53. The second-order valence-corrected chi connectivity index (χ2v) is 8.81. The normalized spacial score (nSPS) is 15.3. The number of benzene rings is 1. The summed E-state index contributed by atoms with van der Waals surface area (Å²) in [7, 11) is 0. The number of ether oxygens (including phenoxy) is 1. The number of nitrogens with zero attached hydrogens (tertiary/aromatic N) is 4. The fourth-order valence-corrected chi connectivity index (χ4v) is 3.59. The van der Waals surface area contributed by atoms with Gasteiger partial charge >= 0.3 is 0 Å². The molecule has 3 rings (SSSR count). The molecule has 0 radical (unpaired) electrons. The van der Waals surface area contributed by atoms with Crippen LogP contribution in [-0.4, -0.2) is 53.6 Å². The van der Waals surface area contributed by atoms with E-state index in [4.69, 9.17) is 4.74 Å². The van der Waals surface area contributed by atoms with E-state index < -0.39 is 5.56 Å². The summed E-state index contributed by atoms with van der Waals surface area (Å²) < 4.78 is 6.62. The van der Waals surface area contributed by atoms with Crippen molar-refractivity contribution in [3.8, 4) is 11.9 Å². The van der Waals surface area contributed by atoms with E-state index in [0.717, 1.165) is 18.8 Å². The van der Waals surface area contributed by atoms with E-state index in [0.29, 0.717) is 37.4 Å². The van der Waals surface area contributed by atoms with Gasteiger partial charge in [0.25, 0.3) is 5.56 Å². The molecular formula is C24H30N4O3. The third-order valence-electron chi connectivity index (χ3n) is 5.67. The Kier molecular flexibility index (Phi) is 6.94. The molecule has 1 fully saturated rings. The molecule has 0 bridgehead atoms. The van der Waals surface area contributed by atoms with Gasteiger partial charge in [0.2, 0.25) is 5.88 Å². The number of morpholine rings is 1. The van der Waals surface area contributed by atoms with Crippen LogP contribution in [0.2, 0.25) is 0 Å². The number of pyridine rings is 1. The highest BCUT2D eigenvalue weighted by molar-refractivity contribution is 5.87. The Balaban J connectivity index is 1.91. The number of nitriles is 1. The van der Waals surface area contributed by atoms with Crippen molar-refractivity contribution >= 4 is 11.9 Å². The quantitative estimate of drug-likeness (QED) is 0.748. The van der Waals surface area contributed by atoms with Crippen molar-refractivity contribution in [2.45, 2.75) is 39.7 Å². The van der Waals surface area contributed by atoms with E-state index in [1.807, 2.05) is 30.3 Å². The first-order valence-electron chi connectivity index (χ1n) is 10.5. The van der Waals surface area contributed by atoms with Crippen LogP contribution in [-0.2, 0) is 16.7 Å². The van der Waals surface area contributed by atoms with Crippen LogP contribution in [0.5, 0.6) is 5.88 Å². The van der Waals surface area contributed by atoms with Gasteiger partial charge in [-0.15, -0.1) is 0 Å². The Hall–Kier alpha value is -2.95. The van der Waals surface area contributed by atoms with Crippen molar-refractivity contribution in [2.75, 3.05) is 32.8 Å². The minimum Gasteiger partial charge on any atom is -0.494 e. The minimum absolute atomic E-state index is 0.0318. The van der Waals surface area contributed by atoms with Gasteiger partial charge in [-0.3, -0.25) is 19.3 Å². The van der Waals surface area contributed by atoms with Crippen molar-refractivity contribution in [3.05, 3.63) is 56.9 Å². The van der Waals surface area contributed by atoms with E-state index in [-0.39, 0.29) is 16.9 Å². The fourth-order valence-electron chi connectivity index (χ4n) is 3.59. The van der Waals surface area contributed by atoms with Crippen LogP contribution in [0.4, 0.5) is 5.69 Å². The topological polar surface area (TPSA) is 90.8 Å². The molecule has 1 aromatic carbocycles. The molecule has 0 aliphatic carbocycles. The highest BCUT2D eigenvalue weighted by Crippen LogP contribution is 2.25. The van der Waals surface area contributed by atoms with E-state index in [9.17, 15) is 15.2 Å². The molecule has 1 N–H and O–H groups in total. The lowest BCUT2D eigenvalue weighted by atomic mass is 9.87. The summed E-state index contributed by atoms with van der Waals surface area (Å²) in [5.74, 6) is -0.162. The zero-order valence-corrected chi connectivity index (χ0v) is 18.7. The molecule has 1 saturated heterocycles. The lowest BCUT2D eigenvalue weighted by Gasteiger charge is -2.27. The monoisotopic (exact) mass is 422 g/mol. The number of hydrogen-bond donors (Lipinski definition) is 1. The van der Waals surface area contributed by atoms with Gasteiger partial charge in [0.15, 0.2) is 0 Å². The smallest absolute Gasteiger partial charge is 0.271 e. The summed E-state index contributed by atoms with van der Waals surface area (Å²) in [5, 5.41) is 20.4. The van der Waals surface area contributed by atoms with Crippen molar-refractivity contribution in [3.63, 3.8) is 0 Å². The van der Waals surface area contributed by atoms with Crippen LogP contribution in [0.25, 0.3) is 0 Å². The summed E-state index contributed by atoms with van der Waals surface area (Å²) in [5.41, 5.74) is 2.36. The van der Waals surface area contributed by atoms with Gasteiger partial charge in [0, 0.05) is 32.4 Å². The first kappa shape index (κ1) is 22.7. The van der Waals surface area contributed by atoms with Gasteiger partial charge in [0.05, 0.1) is 24.5 Å². The van der Waals surface area contributed by atoms with Crippen LogP contribution in [0.3, 0.4) is 0 Å². The molecule has 0 spiro atoms. The molecule has 164 valence electrons. The molecule has 0 unspecified atom stereocenters. The van der Waals surface area contributed by atoms with Gasteiger partial charge in [-0.1, -0.05) is 32.9 Å². The summed E-state index contributed by atoms with van der Waals surface area (Å²) in [6, 6.07) is 9.89. The van der Waals surface area contributed by atoms with E-state index >= 15 is 0 Å². The average Bonchev–Trinajstić information content (AvgIpc) is 2.74. The second-order valence-electron chi connectivity index (χ2n) is 8.81. The van der Waals surface area contributed by atoms with Crippen LogP contribution < -0.4 is 5.56 Å². The molecule has 0 saturated carbocycles. The average molecular weight is 423 g/mol. The largest absolute Gasteiger partial charge is 0.494 e. The third-order valence-corrected chi connectivity index (χ3v) is 5.67. The summed E-state index contributed by atoms with van der Waals surface area (Å²) >= 11 is 0. The van der Waals surface area contributed by atoms with E-state index in [1.54, 1.807) is 6.92 Å².